The summed E-state index contributed by atoms with van der Waals surface area (Å²) < 4.78 is 0. The molecule has 4 aromatic heterocycles. The number of rotatable bonds is 9. The number of aromatic amines is 3. The van der Waals surface area contributed by atoms with E-state index in [0.717, 1.165) is 51.6 Å². The Balaban J connectivity index is 1.19. The Labute approximate surface area is 235 Å². The summed E-state index contributed by atoms with van der Waals surface area (Å²) in [4.78, 5) is 28.2. The molecule has 5 N–H and O–H groups in total. The van der Waals surface area contributed by atoms with Crippen LogP contribution in [-0.4, -0.2) is 49.1 Å². The molecule has 6 rings (SSSR count). The largest absolute Gasteiger partial charge is 0.361 e. The predicted molar refractivity (Wildman–Crippen MR) is 158 cm³/mol. The van der Waals surface area contributed by atoms with Gasteiger partial charge in [-0.25, -0.2) is 4.98 Å². The summed E-state index contributed by atoms with van der Waals surface area (Å²) in [6.45, 7) is 6.36. The summed E-state index contributed by atoms with van der Waals surface area (Å²) in [6.07, 6.45) is 7.97. The molecule has 0 bridgehead atoms. The highest BCUT2D eigenvalue weighted by atomic mass is 35.5. The molecule has 0 fully saturated rings. The van der Waals surface area contributed by atoms with E-state index in [1.165, 1.54) is 11.1 Å². The molecule has 4 heterocycles. The lowest BCUT2D eigenvalue weighted by Crippen LogP contribution is -2.25. The van der Waals surface area contributed by atoms with Gasteiger partial charge in [-0.1, -0.05) is 24.6 Å². The quantitative estimate of drug-likeness (QED) is 0.161. The fourth-order valence-electron chi connectivity index (χ4n) is 4.98. The zero-order valence-electron chi connectivity index (χ0n) is 22.2. The highest BCUT2D eigenvalue weighted by Crippen LogP contribution is 2.31. The number of hydrogen-bond donors (Lipinski definition) is 5. The minimum absolute atomic E-state index is 0.226. The Morgan fingerprint density at radius 2 is 1.90 bits per heavy atom. The SMILES string of the molecule is CCNCc1cncc(-c2ccc3[nH]nc(-c4ncc(C(=O)NCCc5c[nH]c6ccc(Cl)cc56)[nH]4)c3c2)c1C. The van der Waals surface area contributed by atoms with Gasteiger partial charge in [-0.05, 0) is 72.5 Å². The van der Waals surface area contributed by atoms with E-state index >= 15 is 0 Å². The number of amides is 1. The van der Waals surface area contributed by atoms with Crippen LogP contribution in [0.1, 0.15) is 34.1 Å². The first-order valence-corrected chi connectivity index (χ1v) is 13.6. The highest BCUT2D eigenvalue weighted by molar-refractivity contribution is 6.31. The van der Waals surface area contributed by atoms with E-state index in [2.05, 4.69) is 66.7 Å². The van der Waals surface area contributed by atoms with Crippen molar-refractivity contribution in [3.63, 3.8) is 0 Å². The summed E-state index contributed by atoms with van der Waals surface area (Å²) in [5.74, 6) is 0.298. The number of fused-ring (bicyclic) bond motifs is 2. The van der Waals surface area contributed by atoms with Crippen molar-refractivity contribution in [1.29, 1.82) is 0 Å². The van der Waals surface area contributed by atoms with Gasteiger partial charge in [-0.3, -0.25) is 14.9 Å². The van der Waals surface area contributed by atoms with Gasteiger partial charge < -0.3 is 20.6 Å². The maximum Gasteiger partial charge on any atom is 0.269 e. The number of halogens is 1. The van der Waals surface area contributed by atoms with E-state index in [0.29, 0.717) is 35.2 Å². The minimum Gasteiger partial charge on any atom is -0.361 e. The number of benzene rings is 2. The van der Waals surface area contributed by atoms with E-state index in [1.54, 1.807) is 6.20 Å². The molecule has 9 nitrogen and oxygen atoms in total. The van der Waals surface area contributed by atoms with Gasteiger partial charge in [0.2, 0.25) is 0 Å². The number of imidazole rings is 1. The summed E-state index contributed by atoms with van der Waals surface area (Å²) in [5.41, 5.74) is 8.50. The standard InChI is InChI=1S/C30H29ClN8O/c1-3-32-12-20-13-33-15-24(17(20)2)18-4-6-26-23(10-18)28(39-38-26)29-36-16-27(37-29)30(40)34-9-8-19-14-35-25-7-5-21(31)11-22(19)25/h4-7,10-11,13-16,32,35H,3,8-9,12H2,1-2H3,(H,34,40)(H,36,37)(H,38,39). The van der Waals surface area contributed by atoms with Crippen molar-refractivity contribution in [1.82, 2.24) is 40.8 Å². The molecule has 0 spiro atoms. The fraction of sp³-hybridized carbons (Fsp3) is 0.200. The summed E-state index contributed by atoms with van der Waals surface area (Å²) in [5, 5.41) is 16.6. The van der Waals surface area contributed by atoms with Crippen molar-refractivity contribution in [2.45, 2.75) is 26.8 Å². The van der Waals surface area contributed by atoms with Crippen molar-refractivity contribution in [2.24, 2.45) is 0 Å². The third-order valence-corrected chi connectivity index (χ3v) is 7.45. The molecule has 1 amide bonds. The molecular formula is C30H29ClN8O. The van der Waals surface area contributed by atoms with E-state index < -0.39 is 0 Å². The Morgan fingerprint density at radius 1 is 1.02 bits per heavy atom. The van der Waals surface area contributed by atoms with Gasteiger partial charge in [0.15, 0.2) is 5.82 Å². The number of H-pyrrole nitrogens is 3. The molecule has 2 aromatic carbocycles. The summed E-state index contributed by atoms with van der Waals surface area (Å²) in [6, 6.07) is 11.9. The molecule has 6 aromatic rings. The van der Waals surface area contributed by atoms with Gasteiger partial charge in [0.1, 0.15) is 11.4 Å². The van der Waals surface area contributed by atoms with E-state index in [4.69, 9.17) is 11.6 Å². The highest BCUT2D eigenvalue weighted by Gasteiger charge is 2.17. The van der Waals surface area contributed by atoms with Crippen LogP contribution in [0.2, 0.25) is 5.02 Å². The van der Waals surface area contributed by atoms with Gasteiger partial charge in [0, 0.05) is 58.6 Å². The van der Waals surface area contributed by atoms with Gasteiger partial charge >= 0.3 is 0 Å². The van der Waals surface area contributed by atoms with Crippen molar-refractivity contribution in [3.05, 3.63) is 88.6 Å². The topological polar surface area (TPSA) is 127 Å². The zero-order chi connectivity index (χ0) is 27.6. The van der Waals surface area contributed by atoms with Gasteiger partial charge in [-0.2, -0.15) is 5.10 Å². The lowest BCUT2D eigenvalue weighted by atomic mass is 9.98. The fourth-order valence-corrected chi connectivity index (χ4v) is 5.15. The molecule has 0 atom stereocenters. The van der Waals surface area contributed by atoms with Crippen LogP contribution in [0.3, 0.4) is 0 Å². The molecule has 0 aliphatic carbocycles. The van der Waals surface area contributed by atoms with E-state index in [1.807, 2.05) is 42.9 Å². The van der Waals surface area contributed by atoms with Gasteiger partial charge in [0.25, 0.3) is 5.91 Å². The summed E-state index contributed by atoms with van der Waals surface area (Å²) >= 11 is 6.16. The molecule has 10 heteroatoms. The number of hydrogen-bond acceptors (Lipinski definition) is 5. The van der Waals surface area contributed by atoms with Crippen molar-refractivity contribution < 1.29 is 4.79 Å². The number of nitrogens with zero attached hydrogens (tertiary/aromatic N) is 3. The molecule has 0 unspecified atom stereocenters. The van der Waals surface area contributed by atoms with Crippen LogP contribution in [0, 0.1) is 6.92 Å². The second kappa shape index (κ2) is 11.0. The van der Waals surface area contributed by atoms with Crippen LogP contribution in [0.4, 0.5) is 0 Å². The molecule has 0 aliphatic rings. The third-order valence-electron chi connectivity index (χ3n) is 7.21. The first-order chi connectivity index (χ1) is 19.5. The van der Waals surface area contributed by atoms with Crippen LogP contribution in [0.15, 0.2) is 61.2 Å². The number of pyridine rings is 1. The normalized spacial score (nSPS) is 11.5. The second-order valence-corrected chi connectivity index (χ2v) is 10.2. The number of carbonyl (C=O) groups excluding carboxylic acids is 1. The van der Waals surface area contributed by atoms with Crippen molar-refractivity contribution in [3.8, 4) is 22.6 Å². The molecular weight excluding hydrogens is 524 g/mol. The van der Waals surface area contributed by atoms with Crippen LogP contribution in [0.25, 0.3) is 44.5 Å². The first kappa shape index (κ1) is 25.8. The van der Waals surface area contributed by atoms with Gasteiger partial charge in [0.05, 0.1) is 11.7 Å². The number of nitrogens with one attached hydrogen (secondary N) is 5. The maximum atomic E-state index is 12.9. The summed E-state index contributed by atoms with van der Waals surface area (Å²) in [7, 11) is 0. The Morgan fingerprint density at radius 3 is 2.77 bits per heavy atom. The van der Waals surface area contributed by atoms with Crippen LogP contribution in [0.5, 0.6) is 0 Å². The lowest BCUT2D eigenvalue weighted by Gasteiger charge is -2.11. The van der Waals surface area contributed by atoms with Crippen LogP contribution in [-0.2, 0) is 13.0 Å². The van der Waals surface area contributed by atoms with Crippen molar-refractivity contribution >= 4 is 39.3 Å². The monoisotopic (exact) mass is 552 g/mol. The Kier molecular flexibility index (Phi) is 7.06. The Hall–Kier alpha value is -4.47. The molecule has 40 heavy (non-hydrogen) atoms. The molecule has 202 valence electrons. The van der Waals surface area contributed by atoms with E-state index in [-0.39, 0.29) is 5.91 Å². The molecule has 0 radical (unpaired) electrons. The zero-order valence-corrected chi connectivity index (χ0v) is 23.0. The average Bonchev–Trinajstić information content (AvgIpc) is 3.70. The average molecular weight is 553 g/mol. The van der Waals surface area contributed by atoms with Crippen LogP contribution < -0.4 is 10.6 Å². The maximum absolute atomic E-state index is 12.9. The van der Waals surface area contributed by atoms with Crippen molar-refractivity contribution in [2.75, 3.05) is 13.1 Å². The first-order valence-electron chi connectivity index (χ1n) is 13.2. The van der Waals surface area contributed by atoms with Gasteiger partial charge in [-0.15, -0.1) is 0 Å². The molecule has 0 saturated carbocycles. The number of carbonyl (C=O) groups is 1. The second-order valence-electron chi connectivity index (χ2n) is 9.74. The number of aromatic nitrogens is 6. The Bertz CT molecular complexity index is 1830. The van der Waals surface area contributed by atoms with E-state index in [9.17, 15) is 4.79 Å². The molecule has 0 aliphatic heterocycles. The third kappa shape index (κ3) is 4.97. The smallest absolute Gasteiger partial charge is 0.269 e. The minimum atomic E-state index is -0.226. The van der Waals surface area contributed by atoms with Crippen LogP contribution >= 0.6 is 11.6 Å². The molecule has 0 saturated heterocycles. The lowest BCUT2D eigenvalue weighted by molar-refractivity contribution is 0.0949. The predicted octanol–water partition coefficient (Wildman–Crippen LogP) is 5.54.